The summed E-state index contributed by atoms with van der Waals surface area (Å²) in [5.74, 6) is -0.368. The molecule has 0 aromatic heterocycles. The van der Waals surface area contributed by atoms with Crippen molar-refractivity contribution in [1.29, 1.82) is 5.26 Å². The first kappa shape index (κ1) is 22.9. The summed E-state index contributed by atoms with van der Waals surface area (Å²) >= 11 is 0. The van der Waals surface area contributed by atoms with Gasteiger partial charge in [-0.25, -0.2) is 0 Å². The van der Waals surface area contributed by atoms with Gasteiger partial charge in [-0.15, -0.1) is 0 Å². The van der Waals surface area contributed by atoms with Gasteiger partial charge in [0.2, 0.25) is 0 Å². The fourth-order valence-electron chi connectivity index (χ4n) is 4.02. The lowest BCUT2D eigenvalue weighted by atomic mass is 9.86. The largest absolute Gasteiger partial charge is 0.294 e. The van der Waals surface area contributed by atoms with E-state index < -0.39 is 6.04 Å². The third-order valence-electron chi connectivity index (χ3n) is 5.88. The Hall–Kier alpha value is -4.29. The van der Waals surface area contributed by atoms with Gasteiger partial charge in [0.1, 0.15) is 6.04 Å². The topological polar surface area (TPSA) is 53.2 Å². The number of hydrogen-bond acceptors (Lipinski definition) is 3. The second-order valence-electron chi connectivity index (χ2n) is 8.29. The number of aliphatic imine (C=N–C) groups is 1. The number of nitriles is 1. The van der Waals surface area contributed by atoms with E-state index in [0.717, 1.165) is 28.0 Å². The molecule has 34 heavy (non-hydrogen) atoms. The van der Waals surface area contributed by atoms with Gasteiger partial charge in [-0.3, -0.25) is 9.79 Å². The smallest absolute Gasteiger partial charge is 0.163 e. The maximum absolute atomic E-state index is 13.2. The van der Waals surface area contributed by atoms with Gasteiger partial charge < -0.3 is 0 Å². The van der Waals surface area contributed by atoms with Crippen molar-refractivity contribution in [1.82, 2.24) is 0 Å². The Morgan fingerprint density at radius 2 is 1.24 bits per heavy atom. The van der Waals surface area contributed by atoms with Crippen LogP contribution in [0.4, 0.5) is 0 Å². The molecule has 0 aliphatic heterocycles. The van der Waals surface area contributed by atoms with Crippen LogP contribution in [0.25, 0.3) is 0 Å². The van der Waals surface area contributed by atoms with Crippen molar-refractivity contribution >= 4 is 11.5 Å². The van der Waals surface area contributed by atoms with Gasteiger partial charge in [-0.05, 0) is 12.5 Å². The van der Waals surface area contributed by atoms with E-state index in [-0.39, 0.29) is 18.1 Å². The highest BCUT2D eigenvalue weighted by Gasteiger charge is 2.27. The molecule has 0 amide bonds. The molecular weight excluding hydrogens is 416 g/mol. The summed E-state index contributed by atoms with van der Waals surface area (Å²) in [5, 5.41) is 10.3. The van der Waals surface area contributed by atoms with Crippen molar-refractivity contribution < 1.29 is 4.79 Å². The first-order valence-corrected chi connectivity index (χ1v) is 11.4. The monoisotopic (exact) mass is 442 g/mol. The molecule has 0 saturated carbocycles. The molecule has 0 aliphatic rings. The van der Waals surface area contributed by atoms with Crippen LogP contribution in [0, 0.1) is 18.3 Å². The maximum Gasteiger partial charge on any atom is 0.163 e. The molecule has 166 valence electrons. The zero-order valence-corrected chi connectivity index (χ0v) is 19.1. The molecule has 3 nitrogen and oxygen atoms in total. The normalized spacial score (nSPS) is 12.2. The van der Waals surface area contributed by atoms with Crippen LogP contribution >= 0.6 is 0 Å². The van der Waals surface area contributed by atoms with E-state index in [1.54, 1.807) is 0 Å². The number of Topliss-reactive ketones (excluding diaryl/α,β-unsaturated/α-hetero) is 1. The van der Waals surface area contributed by atoms with E-state index in [2.05, 4.69) is 6.07 Å². The van der Waals surface area contributed by atoms with Crippen molar-refractivity contribution in [2.45, 2.75) is 25.3 Å². The van der Waals surface area contributed by atoms with Gasteiger partial charge in [-0.1, -0.05) is 121 Å². The fourth-order valence-corrected chi connectivity index (χ4v) is 4.02. The van der Waals surface area contributed by atoms with Crippen LogP contribution in [0.1, 0.15) is 45.0 Å². The van der Waals surface area contributed by atoms with Crippen molar-refractivity contribution in [2.24, 2.45) is 4.99 Å². The molecule has 0 saturated heterocycles. The van der Waals surface area contributed by atoms with E-state index in [1.807, 2.05) is 122 Å². The van der Waals surface area contributed by atoms with Crippen LogP contribution in [0.2, 0.25) is 0 Å². The molecule has 0 fully saturated rings. The third kappa shape index (κ3) is 5.54. The van der Waals surface area contributed by atoms with Crippen LogP contribution in [0.5, 0.6) is 0 Å². The predicted octanol–water partition coefficient (Wildman–Crippen LogP) is 6.78. The molecule has 3 heteroatoms. The number of aryl methyl sites for hydroxylation is 1. The van der Waals surface area contributed by atoms with Gasteiger partial charge in [0, 0.05) is 29.0 Å². The molecule has 0 bridgehead atoms. The molecule has 0 N–H and O–H groups in total. The van der Waals surface area contributed by atoms with Crippen LogP contribution < -0.4 is 0 Å². The van der Waals surface area contributed by atoms with Crippen LogP contribution in [-0.2, 0) is 0 Å². The SMILES string of the molecule is Cc1ccc(C(=O)C[C@@H](c2ccccc2)[C@H](C#N)N=C(c2ccccc2)c2ccccc2)cc1. The Bertz CT molecular complexity index is 1250. The lowest BCUT2D eigenvalue weighted by molar-refractivity contribution is 0.0972. The van der Waals surface area contributed by atoms with Crippen LogP contribution in [0.3, 0.4) is 0 Å². The maximum atomic E-state index is 13.2. The molecule has 4 aromatic carbocycles. The van der Waals surface area contributed by atoms with E-state index in [1.165, 1.54) is 0 Å². The fraction of sp³-hybridized carbons (Fsp3) is 0.129. The van der Waals surface area contributed by atoms with Gasteiger partial charge >= 0.3 is 0 Å². The molecule has 0 spiro atoms. The second-order valence-corrected chi connectivity index (χ2v) is 8.29. The lowest BCUT2D eigenvalue weighted by Gasteiger charge is -2.21. The first-order valence-electron chi connectivity index (χ1n) is 11.4. The standard InChI is InChI=1S/C31H26N2O/c1-23-17-19-25(20-18-23)30(34)21-28(24-11-5-2-6-12-24)29(22-32)33-31(26-13-7-3-8-14-26)27-15-9-4-10-16-27/h2-20,28-29H,21H2,1H3/t28-,29-/m0/s1. The molecule has 4 aromatic rings. The average molecular weight is 443 g/mol. The Balaban J connectivity index is 1.76. The molecule has 0 radical (unpaired) electrons. The zero-order valence-electron chi connectivity index (χ0n) is 19.1. The second kappa shape index (κ2) is 11.0. The Kier molecular flexibility index (Phi) is 7.42. The van der Waals surface area contributed by atoms with E-state index >= 15 is 0 Å². The molecule has 0 aliphatic carbocycles. The van der Waals surface area contributed by atoms with Crippen molar-refractivity contribution in [3.63, 3.8) is 0 Å². The lowest BCUT2D eigenvalue weighted by Crippen LogP contribution is -2.21. The summed E-state index contributed by atoms with van der Waals surface area (Å²) in [4.78, 5) is 18.2. The summed E-state index contributed by atoms with van der Waals surface area (Å²) in [6, 6.07) is 38.7. The zero-order chi connectivity index (χ0) is 23.8. The minimum Gasteiger partial charge on any atom is -0.294 e. The highest BCUT2D eigenvalue weighted by atomic mass is 16.1. The number of nitrogens with zero attached hydrogens (tertiary/aromatic N) is 2. The molecule has 2 atom stereocenters. The predicted molar refractivity (Wildman–Crippen MR) is 137 cm³/mol. The van der Waals surface area contributed by atoms with Gasteiger partial charge in [0.25, 0.3) is 0 Å². The van der Waals surface area contributed by atoms with Crippen LogP contribution in [-0.4, -0.2) is 17.5 Å². The van der Waals surface area contributed by atoms with E-state index in [0.29, 0.717) is 5.56 Å². The third-order valence-corrected chi connectivity index (χ3v) is 5.88. The van der Waals surface area contributed by atoms with Crippen molar-refractivity contribution in [2.75, 3.05) is 0 Å². The summed E-state index contributed by atoms with van der Waals surface area (Å²) in [6.07, 6.45) is 0.200. The highest BCUT2D eigenvalue weighted by Crippen LogP contribution is 2.29. The quantitative estimate of drug-likeness (QED) is 0.223. The molecule has 0 unspecified atom stereocenters. The number of benzene rings is 4. The average Bonchev–Trinajstić information content (AvgIpc) is 2.90. The summed E-state index contributed by atoms with van der Waals surface area (Å²) in [7, 11) is 0. The van der Waals surface area contributed by atoms with Gasteiger partial charge in [0.05, 0.1) is 11.8 Å². The summed E-state index contributed by atoms with van der Waals surface area (Å²) in [6.45, 7) is 2.00. The molecule has 0 heterocycles. The van der Waals surface area contributed by atoms with Crippen molar-refractivity contribution in [3.8, 4) is 6.07 Å². The van der Waals surface area contributed by atoms with Gasteiger partial charge in [0.15, 0.2) is 5.78 Å². The number of carbonyl (C=O) groups excluding carboxylic acids is 1. The van der Waals surface area contributed by atoms with Gasteiger partial charge in [-0.2, -0.15) is 5.26 Å². The van der Waals surface area contributed by atoms with E-state index in [4.69, 9.17) is 4.99 Å². The van der Waals surface area contributed by atoms with E-state index in [9.17, 15) is 10.1 Å². The molecular formula is C31H26N2O. The highest BCUT2D eigenvalue weighted by molar-refractivity contribution is 6.13. The minimum absolute atomic E-state index is 0.00488. The number of carbonyl (C=O) groups is 1. The Labute approximate surface area is 201 Å². The number of rotatable bonds is 8. The first-order chi connectivity index (χ1) is 16.7. The summed E-state index contributed by atoms with van der Waals surface area (Å²) < 4.78 is 0. The number of ketones is 1. The Morgan fingerprint density at radius 3 is 1.74 bits per heavy atom. The van der Waals surface area contributed by atoms with Crippen molar-refractivity contribution in [3.05, 3.63) is 143 Å². The minimum atomic E-state index is -0.729. The van der Waals surface area contributed by atoms with Crippen LogP contribution in [0.15, 0.2) is 120 Å². The number of hydrogen-bond donors (Lipinski definition) is 0. The summed E-state index contributed by atoms with van der Waals surface area (Å²) in [5.41, 5.74) is 5.30. The molecule has 4 rings (SSSR count). The Morgan fingerprint density at radius 1 is 0.735 bits per heavy atom.